The van der Waals surface area contributed by atoms with Crippen LogP contribution in [0.3, 0.4) is 0 Å². The van der Waals surface area contributed by atoms with E-state index in [4.69, 9.17) is 15.9 Å². The fraction of sp³-hybridized carbons (Fsp3) is 0.586. The highest BCUT2D eigenvalue weighted by Gasteiger charge is 2.45. The molecule has 2 N–H and O–H groups in total. The van der Waals surface area contributed by atoms with Crippen LogP contribution >= 0.6 is 0 Å². The second-order valence-corrected chi connectivity index (χ2v) is 10.5. The van der Waals surface area contributed by atoms with Gasteiger partial charge in [0.25, 0.3) is 0 Å². The molecular formula is C29H41N3O6. The molecule has 3 unspecified atom stereocenters. The predicted molar refractivity (Wildman–Crippen MR) is 144 cm³/mol. The topological polar surface area (TPSA) is 114 Å². The van der Waals surface area contributed by atoms with E-state index in [-0.39, 0.29) is 37.4 Å². The lowest BCUT2D eigenvalue weighted by molar-refractivity contribution is -0.145. The average Bonchev–Trinajstić information content (AvgIpc) is 3.69. The van der Waals surface area contributed by atoms with Crippen molar-refractivity contribution in [3.63, 3.8) is 0 Å². The van der Waals surface area contributed by atoms with Crippen LogP contribution in [0.4, 0.5) is 4.79 Å². The molecule has 1 aliphatic rings. The summed E-state index contributed by atoms with van der Waals surface area (Å²) in [6.07, 6.45) is 6.92. The minimum Gasteiger partial charge on any atom is -0.466 e. The molecule has 0 spiro atoms. The number of ether oxygens (including phenoxy) is 2. The van der Waals surface area contributed by atoms with Crippen LogP contribution in [0.2, 0.25) is 0 Å². The van der Waals surface area contributed by atoms with Gasteiger partial charge in [-0.3, -0.25) is 14.4 Å². The molecule has 3 amide bonds. The Labute approximate surface area is 226 Å². The number of rotatable bonds is 12. The molecule has 1 aromatic rings. The Morgan fingerprint density at radius 3 is 2.26 bits per heavy atom. The van der Waals surface area contributed by atoms with E-state index in [9.17, 15) is 19.2 Å². The first-order valence-corrected chi connectivity index (χ1v) is 13.2. The number of nitrogens with zero attached hydrogens (tertiary/aromatic N) is 1. The van der Waals surface area contributed by atoms with Crippen LogP contribution in [-0.2, 0) is 23.9 Å². The zero-order valence-corrected chi connectivity index (χ0v) is 23.3. The quantitative estimate of drug-likeness (QED) is 0.316. The molecule has 1 aromatic carbocycles. The molecule has 0 aromatic heterocycles. The summed E-state index contributed by atoms with van der Waals surface area (Å²) in [5, 5.41) is 5.54. The highest BCUT2D eigenvalue weighted by molar-refractivity contribution is 5.93. The fourth-order valence-corrected chi connectivity index (χ4v) is 3.97. The molecule has 1 fully saturated rings. The van der Waals surface area contributed by atoms with Gasteiger partial charge in [-0.05, 0) is 64.2 Å². The van der Waals surface area contributed by atoms with Crippen molar-refractivity contribution >= 4 is 23.9 Å². The summed E-state index contributed by atoms with van der Waals surface area (Å²) < 4.78 is 10.4. The molecule has 0 aliphatic heterocycles. The van der Waals surface area contributed by atoms with E-state index >= 15 is 0 Å². The molecule has 9 heteroatoms. The highest BCUT2D eigenvalue weighted by Crippen LogP contribution is 2.36. The van der Waals surface area contributed by atoms with Crippen LogP contribution in [-0.4, -0.2) is 59.6 Å². The van der Waals surface area contributed by atoms with Crippen molar-refractivity contribution in [2.24, 2.45) is 5.92 Å². The molecule has 0 saturated heterocycles. The number of carbonyl (C=O) groups excluding carboxylic acids is 4. The number of carbonyl (C=O) groups is 4. The lowest BCUT2D eigenvalue weighted by Gasteiger charge is -2.36. The smallest absolute Gasteiger partial charge is 0.408 e. The van der Waals surface area contributed by atoms with Gasteiger partial charge in [0.1, 0.15) is 17.7 Å². The van der Waals surface area contributed by atoms with Gasteiger partial charge in [-0.1, -0.05) is 38.3 Å². The minimum atomic E-state index is -0.976. The summed E-state index contributed by atoms with van der Waals surface area (Å²) in [6.45, 7) is 11.1. The van der Waals surface area contributed by atoms with Crippen molar-refractivity contribution in [3.05, 3.63) is 35.4 Å². The third-order valence-electron chi connectivity index (χ3n) is 6.20. The Bertz CT molecular complexity index is 1020. The monoisotopic (exact) mass is 527 g/mol. The van der Waals surface area contributed by atoms with Crippen LogP contribution in [0.25, 0.3) is 0 Å². The maximum absolute atomic E-state index is 14.1. The first-order chi connectivity index (χ1) is 17.9. The van der Waals surface area contributed by atoms with E-state index in [0.717, 1.165) is 12.8 Å². The van der Waals surface area contributed by atoms with Gasteiger partial charge in [0.2, 0.25) is 11.8 Å². The number of esters is 1. The van der Waals surface area contributed by atoms with Gasteiger partial charge in [-0.15, -0.1) is 6.42 Å². The molecule has 0 bridgehead atoms. The van der Waals surface area contributed by atoms with Crippen molar-refractivity contribution < 1.29 is 28.7 Å². The maximum atomic E-state index is 14.1. The molecule has 0 heterocycles. The molecule has 1 aliphatic carbocycles. The standard InChI is InChI=1S/C29H41N3O6/c1-8-19(4)24(31-28(36)38-29(5,6)7)27(35)32(22-15-16-22)25(21-13-11-20(9-2)12-14-21)26(34)30-18-17-23(33)37-10-3/h2,11-14,19,22,24-25H,8,10,15-18H2,1,3-7H3,(H,30,34)(H,31,36). The van der Waals surface area contributed by atoms with Crippen molar-refractivity contribution in [1.82, 2.24) is 15.5 Å². The zero-order chi connectivity index (χ0) is 28.5. The van der Waals surface area contributed by atoms with E-state index in [1.807, 2.05) is 13.8 Å². The molecule has 1 saturated carbocycles. The van der Waals surface area contributed by atoms with E-state index in [2.05, 4.69) is 16.6 Å². The van der Waals surface area contributed by atoms with Crippen LogP contribution in [0.1, 0.15) is 84.4 Å². The number of benzene rings is 1. The van der Waals surface area contributed by atoms with Gasteiger partial charge in [0, 0.05) is 18.2 Å². The number of amides is 3. The Balaban J connectivity index is 2.41. The second kappa shape index (κ2) is 13.8. The molecule has 38 heavy (non-hydrogen) atoms. The van der Waals surface area contributed by atoms with E-state index in [1.54, 1.807) is 56.9 Å². The molecule has 3 atom stereocenters. The SMILES string of the molecule is C#Cc1ccc(C(C(=O)NCCC(=O)OCC)N(C(=O)C(NC(=O)OC(C)(C)C)C(C)CC)C2CC2)cc1. The van der Waals surface area contributed by atoms with Gasteiger partial charge in [-0.25, -0.2) is 4.79 Å². The predicted octanol–water partition coefficient (Wildman–Crippen LogP) is 3.71. The van der Waals surface area contributed by atoms with Crippen LogP contribution < -0.4 is 10.6 Å². The Hall–Kier alpha value is -3.54. The van der Waals surface area contributed by atoms with E-state index in [0.29, 0.717) is 17.5 Å². The summed E-state index contributed by atoms with van der Waals surface area (Å²) in [6, 6.07) is 4.86. The number of hydrogen-bond acceptors (Lipinski definition) is 6. The lowest BCUT2D eigenvalue weighted by atomic mass is 9.95. The van der Waals surface area contributed by atoms with Crippen molar-refractivity contribution in [2.75, 3.05) is 13.2 Å². The maximum Gasteiger partial charge on any atom is 0.408 e. The summed E-state index contributed by atoms with van der Waals surface area (Å²) >= 11 is 0. The molecule has 2 rings (SSSR count). The van der Waals surface area contributed by atoms with Crippen molar-refractivity contribution in [3.8, 4) is 12.3 Å². The fourth-order valence-electron chi connectivity index (χ4n) is 3.97. The normalized spacial score (nSPS) is 15.3. The summed E-state index contributed by atoms with van der Waals surface area (Å²) in [5.41, 5.74) is 0.491. The van der Waals surface area contributed by atoms with Gasteiger partial charge >= 0.3 is 12.1 Å². The van der Waals surface area contributed by atoms with Crippen LogP contribution in [0, 0.1) is 18.3 Å². The van der Waals surface area contributed by atoms with E-state index in [1.165, 1.54) is 0 Å². The third kappa shape index (κ3) is 9.09. The zero-order valence-electron chi connectivity index (χ0n) is 23.3. The Kier molecular flexibility index (Phi) is 11.2. The van der Waals surface area contributed by atoms with E-state index < -0.39 is 35.7 Å². The van der Waals surface area contributed by atoms with Gasteiger partial charge in [0.05, 0.1) is 13.0 Å². The average molecular weight is 528 g/mol. The molecule has 0 radical (unpaired) electrons. The molecular weight excluding hydrogens is 486 g/mol. The Morgan fingerprint density at radius 1 is 1.13 bits per heavy atom. The molecule has 208 valence electrons. The first-order valence-electron chi connectivity index (χ1n) is 13.2. The number of hydrogen-bond donors (Lipinski definition) is 2. The van der Waals surface area contributed by atoms with Crippen molar-refractivity contribution in [1.29, 1.82) is 0 Å². The van der Waals surface area contributed by atoms with Crippen LogP contribution in [0.15, 0.2) is 24.3 Å². The van der Waals surface area contributed by atoms with Gasteiger partial charge < -0.3 is 25.0 Å². The van der Waals surface area contributed by atoms with Gasteiger partial charge in [-0.2, -0.15) is 0 Å². The minimum absolute atomic E-state index is 0.00933. The number of terminal acetylenes is 1. The highest BCUT2D eigenvalue weighted by atomic mass is 16.6. The summed E-state index contributed by atoms with van der Waals surface area (Å²) in [5.74, 6) is 1.13. The second-order valence-electron chi connectivity index (χ2n) is 10.5. The summed E-state index contributed by atoms with van der Waals surface area (Å²) in [7, 11) is 0. The number of alkyl carbamates (subject to hydrolysis) is 1. The lowest BCUT2D eigenvalue weighted by Crippen LogP contribution is -2.56. The Morgan fingerprint density at radius 2 is 1.76 bits per heavy atom. The first kappa shape index (κ1) is 30.7. The molecule has 9 nitrogen and oxygen atoms in total. The number of nitrogens with one attached hydrogen (secondary N) is 2. The largest absolute Gasteiger partial charge is 0.466 e. The third-order valence-corrected chi connectivity index (χ3v) is 6.20. The summed E-state index contributed by atoms with van der Waals surface area (Å²) in [4.78, 5) is 53.7. The van der Waals surface area contributed by atoms with Crippen molar-refractivity contribution in [2.45, 2.75) is 91.0 Å². The van der Waals surface area contributed by atoms with Crippen LogP contribution in [0.5, 0.6) is 0 Å². The van der Waals surface area contributed by atoms with Gasteiger partial charge in [0.15, 0.2) is 0 Å².